The van der Waals surface area contributed by atoms with Crippen molar-refractivity contribution in [3.63, 3.8) is 0 Å². The third-order valence-electron chi connectivity index (χ3n) is 3.88. The predicted octanol–water partition coefficient (Wildman–Crippen LogP) is 1.84. The Bertz CT molecular complexity index is 479. The van der Waals surface area contributed by atoms with Crippen molar-refractivity contribution in [3.8, 4) is 0 Å². The van der Waals surface area contributed by atoms with Gasteiger partial charge in [0.2, 0.25) is 5.95 Å². The molecule has 1 saturated carbocycles. The Balaban J connectivity index is 1.85. The lowest BCUT2D eigenvalue weighted by molar-refractivity contribution is 0.0670. The molecule has 0 saturated heterocycles. The van der Waals surface area contributed by atoms with Crippen molar-refractivity contribution in [2.45, 2.75) is 45.1 Å². The van der Waals surface area contributed by atoms with E-state index >= 15 is 0 Å². The van der Waals surface area contributed by atoms with Gasteiger partial charge in [0.15, 0.2) is 0 Å². The van der Waals surface area contributed by atoms with Crippen molar-refractivity contribution in [2.24, 2.45) is 5.92 Å². The predicted molar refractivity (Wildman–Crippen MR) is 74.8 cm³/mol. The number of aliphatic hydroxyl groups excluding tert-OH is 1. The van der Waals surface area contributed by atoms with Crippen molar-refractivity contribution < 1.29 is 15.0 Å². The highest BCUT2D eigenvalue weighted by molar-refractivity contribution is 5.88. The first-order chi connectivity index (χ1) is 9.58. The molecule has 2 atom stereocenters. The zero-order valence-electron chi connectivity index (χ0n) is 11.7. The molecule has 1 aromatic heterocycles. The van der Waals surface area contributed by atoms with E-state index in [1.165, 1.54) is 12.6 Å². The van der Waals surface area contributed by atoms with Crippen LogP contribution in [-0.2, 0) is 0 Å². The van der Waals surface area contributed by atoms with Crippen LogP contribution in [0.1, 0.15) is 48.2 Å². The minimum atomic E-state index is -1.01. The number of aromatic nitrogens is 2. The van der Waals surface area contributed by atoms with Crippen LogP contribution in [0.3, 0.4) is 0 Å². The van der Waals surface area contributed by atoms with E-state index in [-0.39, 0.29) is 11.7 Å². The van der Waals surface area contributed by atoms with Crippen molar-refractivity contribution in [2.75, 3.05) is 11.9 Å². The quantitative estimate of drug-likeness (QED) is 0.761. The van der Waals surface area contributed by atoms with E-state index in [1.807, 2.05) is 0 Å². The molecule has 6 heteroatoms. The number of anilines is 1. The molecule has 110 valence electrons. The highest BCUT2D eigenvalue weighted by Gasteiger charge is 2.22. The van der Waals surface area contributed by atoms with Crippen molar-refractivity contribution in [3.05, 3.63) is 17.5 Å². The van der Waals surface area contributed by atoms with E-state index in [1.54, 1.807) is 6.92 Å². The Morgan fingerprint density at radius 1 is 1.45 bits per heavy atom. The van der Waals surface area contributed by atoms with Crippen LogP contribution in [0, 0.1) is 12.8 Å². The lowest BCUT2D eigenvalue weighted by Crippen LogP contribution is -2.26. The number of aryl methyl sites for hydroxylation is 1. The second kappa shape index (κ2) is 6.65. The molecule has 20 heavy (non-hydrogen) atoms. The lowest BCUT2D eigenvalue weighted by Gasteiger charge is -2.27. The zero-order chi connectivity index (χ0) is 14.5. The first-order valence-electron chi connectivity index (χ1n) is 7.07. The number of aromatic carboxylic acids is 1. The fourth-order valence-corrected chi connectivity index (χ4v) is 2.66. The maximum atomic E-state index is 10.9. The molecule has 6 nitrogen and oxygen atoms in total. The molecule has 1 aliphatic rings. The summed E-state index contributed by atoms with van der Waals surface area (Å²) in [4.78, 5) is 19.0. The molecule has 0 unspecified atom stereocenters. The summed E-state index contributed by atoms with van der Waals surface area (Å²) in [5.41, 5.74) is 0.575. The molecule has 0 aliphatic heterocycles. The number of carboxylic acids is 1. The third-order valence-corrected chi connectivity index (χ3v) is 3.88. The average molecular weight is 279 g/mol. The highest BCUT2D eigenvalue weighted by atomic mass is 16.4. The molecule has 0 spiro atoms. The normalized spacial score (nSPS) is 22.5. The molecule has 1 heterocycles. The zero-order valence-corrected chi connectivity index (χ0v) is 11.7. The van der Waals surface area contributed by atoms with Gasteiger partial charge in [0, 0.05) is 12.7 Å². The Labute approximate surface area is 118 Å². The van der Waals surface area contributed by atoms with Gasteiger partial charge in [-0.15, -0.1) is 0 Å². The van der Waals surface area contributed by atoms with Crippen LogP contribution in [0.15, 0.2) is 6.20 Å². The van der Waals surface area contributed by atoms with Crippen LogP contribution in [0.4, 0.5) is 5.95 Å². The third kappa shape index (κ3) is 3.66. The second-order valence-corrected chi connectivity index (χ2v) is 5.33. The van der Waals surface area contributed by atoms with Gasteiger partial charge in [-0.3, -0.25) is 0 Å². The number of rotatable bonds is 5. The second-order valence-electron chi connectivity index (χ2n) is 5.33. The van der Waals surface area contributed by atoms with Crippen LogP contribution in [0.5, 0.6) is 0 Å². The van der Waals surface area contributed by atoms with Crippen LogP contribution < -0.4 is 5.32 Å². The summed E-state index contributed by atoms with van der Waals surface area (Å²) in [5, 5.41) is 21.9. The Kier molecular flexibility index (Phi) is 4.89. The topological polar surface area (TPSA) is 95.3 Å². The molecule has 0 aromatic carbocycles. The van der Waals surface area contributed by atoms with Gasteiger partial charge in [-0.05, 0) is 32.1 Å². The minimum absolute atomic E-state index is 0.123. The van der Waals surface area contributed by atoms with Gasteiger partial charge in [0.25, 0.3) is 0 Å². The number of carbonyl (C=O) groups is 1. The maximum absolute atomic E-state index is 10.9. The molecule has 0 amide bonds. The van der Waals surface area contributed by atoms with Gasteiger partial charge >= 0.3 is 5.97 Å². The van der Waals surface area contributed by atoms with Gasteiger partial charge in [-0.2, -0.15) is 0 Å². The summed E-state index contributed by atoms with van der Waals surface area (Å²) in [6.45, 7) is 2.34. The molecule has 0 bridgehead atoms. The van der Waals surface area contributed by atoms with Crippen molar-refractivity contribution in [1.29, 1.82) is 0 Å². The number of aliphatic hydroxyl groups is 1. The van der Waals surface area contributed by atoms with E-state index in [9.17, 15) is 9.90 Å². The Morgan fingerprint density at radius 3 is 2.85 bits per heavy atom. The van der Waals surface area contributed by atoms with Gasteiger partial charge in [-0.25, -0.2) is 14.8 Å². The summed E-state index contributed by atoms with van der Waals surface area (Å²) < 4.78 is 0. The van der Waals surface area contributed by atoms with Crippen LogP contribution in [0.2, 0.25) is 0 Å². The molecular formula is C14H21N3O3. The fraction of sp³-hybridized carbons (Fsp3) is 0.643. The van der Waals surface area contributed by atoms with Crippen LogP contribution in [-0.4, -0.2) is 38.8 Å². The molecular weight excluding hydrogens is 258 g/mol. The number of nitrogens with one attached hydrogen (secondary N) is 1. The minimum Gasteiger partial charge on any atom is -0.478 e. The van der Waals surface area contributed by atoms with E-state index in [4.69, 9.17) is 5.11 Å². The summed E-state index contributed by atoms with van der Waals surface area (Å²) in [7, 11) is 0. The average Bonchev–Trinajstić information content (AvgIpc) is 2.40. The van der Waals surface area contributed by atoms with Crippen LogP contribution >= 0.6 is 0 Å². The van der Waals surface area contributed by atoms with E-state index in [2.05, 4.69) is 15.3 Å². The molecule has 2 rings (SSSR count). The van der Waals surface area contributed by atoms with E-state index < -0.39 is 5.97 Å². The first kappa shape index (κ1) is 14.7. The number of carboxylic acid groups (broad SMARTS) is 1. The first-order valence-corrected chi connectivity index (χ1v) is 7.07. The standard InChI is InChI=1S/C14H21N3O3/c1-9-11(13(19)20)8-16-14(17-9)15-7-6-10-4-2-3-5-12(10)18/h8,10,12,18H,2-7H2,1H3,(H,19,20)(H,15,16,17)/t10-,12-/m0/s1. The molecule has 1 aliphatic carbocycles. The summed E-state index contributed by atoms with van der Waals surface area (Å²) >= 11 is 0. The van der Waals surface area contributed by atoms with Gasteiger partial charge < -0.3 is 15.5 Å². The maximum Gasteiger partial charge on any atom is 0.339 e. The number of nitrogens with zero attached hydrogens (tertiary/aromatic N) is 2. The molecule has 1 aromatic rings. The SMILES string of the molecule is Cc1nc(NCC[C@@H]2CCCC[C@@H]2O)ncc1C(=O)O. The van der Waals surface area contributed by atoms with Gasteiger partial charge in [0.1, 0.15) is 0 Å². The molecule has 3 N–H and O–H groups in total. The number of hydrogen-bond acceptors (Lipinski definition) is 5. The lowest BCUT2D eigenvalue weighted by atomic mass is 9.84. The summed E-state index contributed by atoms with van der Waals surface area (Å²) in [6.07, 6.45) is 6.28. The number of hydrogen-bond donors (Lipinski definition) is 3. The Morgan fingerprint density at radius 2 is 2.20 bits per heavy atom. The summed E-state index contributed by atoms with van der Waals surface area (Å²) in [5.74, 6) is -0.229. The van der Waals surface area contributed by atoms with E-state index in [0.29, 0.717) is 24.1 Å². The molecule has 0 radical (unpaired) electrons. The molecule has 1 fully saturated rings. The van der Waals surface area contributed by atoms with Crippen LogP contribution in [0.25, 0.3) is 0 Å². The Hall–Kier alpha value is -1.69. The smallest absolute Gasteiger partial charge is 0.339 e. The summed E-state index contributed by atoms with van der Waals surface area (Å²) in [6, 6.07) is 0. The van der Waals surface area contributed by atoms with Gasteiger partial charge in [-0.1, -0.05) is 12.8 Å². The monoisotopic (exact) mass is 279 g/mol. The van der Waals surface area contributed by atoms with Crippen molar-refractivity contribution >= 4 is 11.9 Å². The van der Waals surface area contributed by atoms with E-state index in [0.717, 1.165) is 25.7 Å². The largest absolute Gasteiger partial charge is 0.478 e. The fourth-order valence-electron chi connectivity index (χ4n) is 2.66. The highest BCUT2D eigenvalue weighted by Crippen LogP contribution is 2.26. The van der Waals surface area contributed by atoms with Crippen molar-refractivity contribution in [1.82, 2.24) is 9.97 Å². The van der Waals surface area contributed by atoms with Gasteiger partial charge in [0.05, 0.1) is 17.4 Å².